The van der Waals surface area contributed by atoms with Crippen LogP contribution in [0.5, 0.6) is 0 Å². The van der Waals surface area contributed by atoms with E-state index in [0.29, 0.717) is 17.8 Å². The fraction of sp³-hybridized carbons (Fsp3) is 0.250. The van der Waals surface area contributed by atoms with Crippen LogP contribution in [0.3, 0.4) is 0 Å². The summed E-state index contributed by atoms with van der Waals surface area (Å²) in [5.41, 5.74) is 6.72. The van der Waals surface area contributed by atoms with Crippen LogP contribution >= 0.6 is 0 Å². The van der Waals surface area contributed by atoms with Gasteiger partial charge in [0.25, 0.3) is 5.91 Å². The molecule has 2 aromatic heterocycles. The Bertz CT molecular complexity index is 523. The van der Waals surface area contributed by atoms with Crippen molar-refractivity contribution in [2.45, 2.75) is 19.5 Å². The average Bonchev–Trinajstić information content (AvgIpc) is 2.92. The highest BCUT2D eigenvalue weighted by atomic mass is 16.1. The fourth-order valence-electron chi connectivity index (χ4n) is 1.59. The lowest BCUT2D eigenvalue weighted by molar-refractivity contribution is 0.0938. The lowest BCUT2D eigenvalue weighted by Gasteiger charge is -2.11. The molecule has 0 fully saturated rings. The van der Waals surface area contributed by atoms with Crippen molar-refractivity contribution >= 4 is 5.91 Å². The summed E-state index contributed by atoms with van der Waals surface area (Å²) in [6.45, 7) is 2.18. The summed E-state index contributed by atoms with van der Waals surface area (Å²) in [6, 6.07) is 3.16. The van der Waals surface area contributed by atoms with Gasteiger partial charge < -0.3 is 16.0 Å². The van der Waals surface area contributed by atoms with Crippen molar-refractivity contribution in [3.63, 3.8) is 0 Å². The van der Waals surface area contributed by atoms with Crippen molar-refractivity contribution in [1.82, 2.24) is 20.3 Å². The number of pyridine rings is 1. The number of nitrogens with two attached hydrogens (primary N) is 1. The van der Waals surface area contributed by atoms with Gasteiger partial charge in [-0.1, -0.05) is 0 Å². The highest BCUT2D eigenvalue weighted by Crippen LogP contribution is 2.08. The maximum absolute atomic E-state index is 12.0. The van der Waals surface area contributed by atoms with Crippen LogP contribution in [-0.2, 0) is 6.54 Å². The topological polar surface area (TPSA) is 96.7 Å². The van der Waals surface area contributed by atoms with E-state index in [-0.39, 0.29) is 11.9 Å². The van der Waals surface area contributed by atoms with Crippen LogP contribution in [0.1, 0.15) is 34.8 Å². The molecule has 0 saturated heterocycles. The number of amides is 1. The lowest BCUT2D eigenvalue weighted by atomic mass is 10.2. The number of imidazole rings is 1. The third-order valence-corrected chi connectivity index (χ3v) is 2.57. The highest BCUT2D eigenvalue weighted by Gasteiger charge is 2.13. The Morgan fingerprint density at radius 2 is 2.33 bits per heavy atom. The molecule has 0 aliphatic heterocycles. The van der Waals surface area contributed by atoms with Crippen molar-refractivity contribution in [1.29, 1.82) is 0 Å². The highest BCUT2D eigenvalue weighted by molar-refractivity contribution is 5.94. The first-order valence-corrected chi connectivity index (χ1v) is 5.66. The number of aromatic amines is 1. The summed E-state index contributed by atoms with van der Waals surface area (Å²) in [4.78, 5) is 23.1. The summed E-state index contributed by atoms with van der Waals surface area (Å²) in [5.74, 6) is 0.549. The molecule has 1 amide bonds. The second-order valence-corrected chi connectivity index (χ2v) is 3.91. The number of hydrogen-bond donors (Lipinski definition) is 3. The lowest BCUT2D eigenvalue weighted by Crippen LogP contribution is -2.27. The molecule has 1 atom stereocenters. The molecule has 0 radical (unpaired) electrons. The zero-order chi connectivity index (χ0) is 13.0. The maximum Gasteiger partial charge on any atom is 0.251 e. The number of carbonyl (C=O) groups excluding carboxylic acids is 1. The van der Waals surface area contributed by atoms with Crippen LogP contribution in [-0.4, -0.2) is 20.9 Å². The number of nitrogens with zero attached hydrogens (tertiary/aromatic N) is 2. The molecular formula is C12H15N5O. The second kappa shape index (κ2) is 5.42. The van der Waals surface area contributed by atoms with E-state index in [1.165, 1.54) is 0 Å². The zero-order valence-corrected chi connectivity index (χ0v) is 10.1. The molecule has 0 aromatic carbocycles. The van der Waals surface area contributed by atoms with E-state index >= 15 is 0 Å². The smallest absolute Gasteiger partial charge is 0.251 e. The number of rotatable bonds is 4. The van der Waals surface area contributed by atoms with Gasteiger partial charge in [-0.2, -0.15) is 0 Å². The van der Waals surface area contributed by atoms with Crippen molar-refractivity contribution in [2.24, 2.45) is 5.73 Å². The molecule has 6 nitrogen and oxygen atoms in total. The van der Waals surface area contributed by atoms with Gasteiger partial charge >= 0.3 is 0 Å². The van der Waals surface area contributed by atoms with E-state index in [9.17, 15) is 4.79 Å². The molecule has 1 unspecified atom stereocenters. The molecule has 2 rings (SSSR count). The summed E-state index contributed by atoms with van der Waals surface area (Å²) in [6.07, 6.45) is 4.95. The summed E-state index contributed by atoms with van der Waals surface area (Å²) in [7, 11) is 0. The largest absolute Gasteiger partial charge is 0.347 e. The predicted molar refractivity (Wildman–Crippen MR) is 66.6 cm³/mol. The molecule has 2 aromatic rings. The minimum absolute atomic E-state index is 0.170. The SMILES string of the molecule is CC(NC(=O)c1ccnc(CN)c1)c1ncc[nH]1. The fourth-order valence-corrected chi connectivity index (χ4v) is 1.59. The van der Waals surface area contributed by atoms with Crippen molar-refractivity contribution < 1.29 is 4.79 Å². The number of H-pyrrole nitrogens is 1. The zero-order valence-electron chi connectivity index (χ0n) is 10.1. The second-order valence-electron chi connectivity index (χ2n) is 3.91. The van der Waals surface area contributed by atoms with Gasteiger partial charge in [-0.15, -0.1) is 0 Å². The Labute approximate surface area is 105 Å². The van der Waals surface area contributed by atoms with E-state index in [4.69, 9.17) is 5.73 Å². The summed E-state index contributed by atoms with van der Waals surface area (Å²) >= 11 is 0. The Hall–Kier alpha value is -2.21. The van der Waals surface area contributed by atoms with E-state index in [0.717, 1.165) is 5.82 Å². The third-order valence-electron chi connectivity index (χ3n) is 2.57. The van der Waals surface area contributed by atoms with Crippen LogP contribution in [0, 0.1) is 0 Å². The Balaban J connectivity index is 2.07. The number of nitrogens with one attached hydrogen (secondary N) is 2. The molecule has 0 bridgehead atoms. The molecule has 0 saturated carbocycles. The van der Waals surface area contributed by atoms with Gasteiger partial charge in [0.05, 0.1) is 11.7 Å². The minimum atomic E-state index is -0.179. The van der Waals surface area contributed by atoms with Gasteiger partial charge in [0.2, 0.25) is 0 Å². The normalized spacial score (nSPS) is 12.1. The molecule has 4 N–H and O–H groups in total. The van der Waals surface area contributed by atoms with Gasteiger partial charge in [-0.3, -0.25) is 9.78 Å². The monoisotopic (exact) mass is 245 g/mol. The Morgan fingerprint density at radius 3 is 3.00 bits per heavy atom. The third kappa shape index (κ3) is 2.72. The molecule has 2 heterocycles. The van der Waals surface area contributed by atoms with E-state index in [1.807, 2.05) is 6.92 Å². The van der Waals surface area contributed by atoms with Crippen LogP contribution < -0.4 is 11.1 Å². The summed E-state index contributed by atoms with van der Waals surface area (Å²) in [5, 5.41) is 2.85. The van der Waals surface area contributed by atoms with Crippen molar-refractivity contribution in [3.8, 4) is 0 Å². The molecule has 94 valence electrons. The molecular weight excluding hydrogens is 230 g/mol. The van der Waals surface area contributed by atoms with E-state index in [1.54, 1.807) is 30.7 Å². The van der Waals surface area contributed by atoms with Gasteiger partial charge in [-0.05, 0) is 19.1 Å². The first-order chi connectivity index (χ1) is 8.70. The number of aromatic nitrogens is 3. The average molecular weight is 245 g/mol. The first kappa shape index (κ1) is 12.3. The number of carbonyl (C=O) groups is 1. The number of hydrogen-bond acceptors (Lipinski definition) is 4. The summed E-state index contributed by atoms with van der Waals surface area (Å²) < 4.78 is 0. The quantitative estimate of drug-likeness (QED) is 0.740. The van der Waals surface area contributed by atoms with Gasteiger partial charge in [-0.25, -0.2) is 4.98 Å². The van der Waals surface area contributed by atoms with Crippen molar-refractivity contribution in [3.05, 3.63) is 47.8 Å². The van der Waals surface area contributed by atoms with Crippen LogP contribution in [0.25, 0.3) is 0 Å². The maximum atomic E-state index is 12.0. The van der Waals surface area contributed by atoms with E-state index in [2.05, 4.69) is 20.3 Å². The van der Waals surface area contributed by atoms with Gasteiger partial charge in [0, 0.05) is 30.7 Å². The Kier molecular flexibility index (Phi) is 3.69. The molecule has 6 heteroatoms. The van der Waals surface area contributed by atoms with Gasteiger partial charge in [0.15, 0.2) is 0 Å². The molecule has 0 aliphatic rings. The van der Waals surface area contributed by atoms with Gasteiger partial charge in [0.1, 0.15) is 5.82 Å². The standard InChI is InChI=1S/C12H15N5O/c1-8(11-15-4-5-16-11)17-12(18)9-2-3-14-10(6-9)7-13/h2-6,8H,7,13H2,1H3,(H,15,16)(H,17,18). The predicted octanol–water partition coefficient (Wildman–Crippen LogP) is 0.754. The van der Waals surface area contributed by atoms with Crippen LogP contribution in [0.2, 0.25) is 0 Å². The molecule has 0 aliphatic carbocycles. The molecule has 18 heavy (non-hydrogen) atoms. The van der Waals surface area contributed by atoms with E-state index < -0.39 is 0 Å². The van der Waals surface area contributed by atoms with Crippen LogP contribution in [0.15, 0.2) is 30.7 Å². The Morgan fingerprint density at radius 1 is 1.50 bits per heavy atom. The van der Waals surface area contributed by atoms with Crippen LogP contribution in [0.4, 0.5) is 0 Å². The van der Waals surface area contributed by atoms with Crippen molar-refractivity contribution in [2.75, 3.05) is 0 Å². The minimum Gasteiger partial charge on any atom is -0.347 e. The first-order valence-electron chi connectivity index (χ1n) is 5.66. The molecule has 0 spiro atoms.